The maximum atomic E-state index is 12.1. The topological polar surface area (TPSA) is 68.0 Å². The highest BCUT2D eigenvalue weighted by Gasteiger charge is 2.22. The molecule has 3 rings (SSSR count). The van der Waals surface area contributed by atoms with Gasteiger partial charge in [-0.15, -0.1) is 5.10 Å². The molecular weight excluding hydrogens is 290 g/mol. The first-order valence-corrected chi connectivity index (χ1v) is 7.51. The minimum absolute atomic E-state index is 0.125. The van der Waals surface area contributed by atoms with Crippen LogP contribution in [0, 0.1) is 0 Å². The molecule has 0 atom stereocenters. The van der Waals surface area contributed by atoms with Gasteiger partial charge in [-0.05, 0) is 25.0 Å². The van der Waals surface area contributed by atoms with E-state index in [-0.39, 0.29) is 11.9 Å². The number of halogens is 1. The van der Waals surface area contributed by atoms with Crippen LogP contribution in [0.4, 0.5) is 6.01 Å². The third-order valence-corrected chi connectivity index (χ3v) is 4.06. The Bertz CT molecular complexity index is 635. The maximum absolute atomic E-state index is 12.1. The van der Waals surface area contributed by atoms with Crippen molar-refractivity contribution in [1.29, 1.82) is 0 Å². The van der Waals surface area contributed by atoms with Gasteiger partial charge in [0.05, 0.1) is 10.6 Å². The molecule has 5 nitrogen and oxygen atoms in total. The van der Waals surface area contributed by atoms with E-state index in [2.05, 4.69) is 15.5 Å². The highest BCUT2D eigenvalue weighted by atomic mass is 35.5. The number of carbonyl (C=O) groups excluding carboxylic acids is 1. The largest absolute Gasteiger partial charge is 0.408 e. The summed E-state index contributed by atoms with van der Waals surface area (Å²) < 4.78 is 5.56. The molecule has 1 aliphatic rings. The van der Waals surface area contributed by atoms with E-state index in [9.17, 15) is 4.79 Å². The minimum atomic E-state index is -0.348. The summed E-state index contributed by atoms with van der Waals surface area (Å²) in [5, 5.41) is 10.9. The van der Waals surface area contributed by atoms with Crippen LogP contribution in [-0.2, 0) is 0 Å². The molecule has 0 aliphatic heterocycles. The summed E-state index contributed by atoms with van der Waals surface area (Å²) in [5.74, 6) is 0.584. The number of benzene rings is 1. The molecule has 0 unspecified atom stereocenters. The molecule has 2 aromatic rings. The zero-order chi connectivity index (χ0) is 14.7. The molecule has 1 heterocycles. The van der Waals surface area contributed by atoms with Crippen LogP contribution in [0.25, 0.3) is 0 Å². The number of carbonyl (C=O) groups is 1. The van der Waals surface area contributed by atoms with E-state index < -0.39 is 0 Å². The summed E-state index contributed by atoms with van der Waals surface area (Å²) in [6.45, 7) is 0. The molecule has 1 N–H and O–H groups in total. The van der Waals surface area contributed by atoms with Crippen molar-refractivity contribution in [3.05, 3.63) is 40.7 Å². The van der Waals surface area contributed by atoms with Gasteiger partial charge >= 0.3 is 6.01 Å². The Morgan fingerprint density at radius 3 is 2.71 bits per heavy atom. The molecular formula is C15H16ClN3O2. The Morgan fingerprint density at radius 1 is 1.19 bits per heavy atom. The zero-order valence-corrected chi connectivity index (χ0v) is 12.3. The van der Waals surface area contributed by atoms with Crippen molar-refractivity contribution < 1.29 is 9.21 Å². The molecule has 21 heavy (non-hydrogen) atoms. The fraction of sp³-hybridized carbons (Fsp3) is 0.400. The van der Waals surface area contributed by atoms with Crippen molar-refractivity contribution in [3.8, 4) is 0 Å². The number of anilines is 1. The van der Waals surface area contributed by atoms with Crippen LogP contribution < -0.4 is 5.32 Å². The molecule has 110 valence electrons. The lowest BCUT2D eigenvalue weighted by atomic mass is 9.89. The van der Waals surface area contributed by atoms with Gasteiger partial charge in [0.2, 0.25) is 5.89 Å². The molecule has 1 amide bonds. The molecule has 0 spiro atoms. The highest BCUT2D eigenvalue weighted by Crippen LogP contribution is 2.32. The fourth-order valence-electron chi connectivity index (χ4n) is 2.61. The number of nitrogens with zero attached hydrogens (tertiary/aromatic N) is 2. The molecule has 0 bridgehead atoms. The lowest BCUT2D eigenvalue weighted by Gasteiger charge is -2.17. The van der Waals surface area contributed by atoms with E-state index >= 15 is 0 Å². The zero-order valence-electron chi connectivity index (χ0n) is 11.5. The van der Waals surface area contributed by atoms with E-state index in [1.807, 2.05) is 0 Å². The SMILES string of the molecule is O=C(Nc1nnc(C2CCCCC2)o1)c1ccccc1Cl. The summed E-state index contributed by atoms with van der Waals surface area (Å²) in [7, 11) is 0. The summed E-state index contributed by atoms with van der Waals surface area (Å²) in [4.78, 5) is 12.1. The van der Waals surface area contributed by atoms with Gasteiger partial charge in [-0.2, -0.15) is 0 Å². The van der Waals surface area contributed by atoms with Crippen molar-refractivity contribution in [2.45, 2.75) is 38.0 Å². The van der Waals surface area contributed by atoms with Crippen LogP contribution >= 0.6 is 11.6 Å². The predicted molar refractivity (Wildman–Crippen MR) is 79.5 cm³/mol. The van der Waals surface area contributed by atoms with Crippen LogP contribution in [0.1, 0.15) is 54.3 Å². The number of hydrogen-bond acceptors (Lipinski definition) is 4. The average molecular weight is 306 g/mol. The van der Waals surface area contributed by atoms with Gasteiger partial charge in [0.1, 0.15) is 0 Å². The molecule has 0 radical (unpaired) electrons. The monoisotopic (exact) mass is 305 g/mol. The van der Waals surface area contributed by atoms with E-state index in [4.69, 9.17) is 16.0 Å². The van der Waals surface area contributed by atoms with Crippen molar-refractivity contribution in [2.24, 2.45) is 0 Å². The first kappa shape index (κ1) is 14.1. The van der Waals surface area contributed by atoms with E-state index in [1.165, 1.54) is 19.3 Å². The standard InChI is InChI=1S/C15H16ClN3O2/c16-12-9-5-4-8-11(12)13(20)17-15-19-18-14(21-15)10-6-2-1-3-7-10/h4-5,8-10H,1-3,6-7H2,(H,17,19,20). The second-order valence-electron chi connectivity index (χ2n) is 5.21. The Balaban J connectivity index is 1.69. The second kappa shape index (κ2) is 6.26. The fourth-order valence-corrected chi connectivity index (χ4v) is 2.83. The molecule has 1 aromatic heterocycles. The van der Waals surface area contributed by atoms with Gasteiger partial charge in [-0.3, -0.25) is 10.1 Å². The van der Waals surface area contributed by atoms with E-state index in [0.717, 1.165) is 12.8 Å². The molecule has 0 saturated heterocycles. The average Bonchev–Trinajstić information content (AvgIpc) is 2.97. The molecule has 1 fully saturated rings. The second-order valence-corrected chi connectivity index (χ2v) is 5.62. The van der Waals surface area contributed by atoms with Gasteiger partial charge in [-0.1, -0.05) is 48.1 Å². The smallest absolute Gasteiger partial charge is 0.322 e. The van der Waals surface area contributed by atoms with E-state index in [0.29, 0.717) is 22.4 Å². The summed E-state index contributed by atoms with van der Waals surface area (Å²) in [6, 6.07) is 6.96. The van der Waals surface area contributed by atoms with Crippen molar-refractivity contribution in [2.75, 3.05) is 5.32 Å². The van der Waals surface area contributed by atoms with Gasteiger partial charge in [0.15, 0.2) is 0 Å². The summed E-state index contributed by atoms with van der Waals surface area (Å²) in [6.07, 6.45) is 5.78. The Labute approximate surface area is 127 Å². The lowest BCUT2D eigenvalue weighted by Crippen LogP contribution is -2.12. The Morgan fingerprint density at radius 2 is 1.95 bits per heavy atom. The van der Waals surface area contributed by atoms with Gasteiger partial charge in [-0.25, -0.2) is 0 Å². The van der Waals surface area contributed by atoms with Crippen LogP contribution in [0.5, 0.6) is 0 Å². The maximum Gasteiger partial charge on any atom is 0.322 e. The lowest BCUT2D eigenvalue weighted by molar-refractivity contribution is 0.102. The van der Waals surface area contributed by atoms with Gasteiger partial charge in [0.25, 0.3) is 5.91 Å². The number of aromatic nitrogens is 2. The van der Waals surface area contributed by atoms with Crippen molar-refractivity contribution in [3.63, 3.8) is 0 Å². The number of nitrogens with one attached hydrogen (secondary N) is 1. The first-order chi connectivity index (χ1) is 10.2. The van der Waals surface area contributed by atoms with Crippen LogP contribution in [0.3, 0.4) is 0 Å². The Hall–Kier alpha value is -1.88. The summed E-state index contributed by atoms with van der Waals surface area (Å²) in [5.41, 5.74) is 0.386. The van der Waals surface area contributed by atoms with Crippen LogP contribution in [-0.4, -0.2) is 16.1 Å². The number of hydrogen-bond donors (Lipinski definition) is 1. The van der Waals surface area contributed by atoms with Crippen molar-refractivity contribution in [1.82, 2.24) is 10.2 Å². The molecule has 6 heteroatoms. The summed E-state index contributed by atoms with van der Waals surface area (Å²) >= 11 is 5.98. The first-order valence-electron chi connectivity index (χ1n) is 7.13. The quantitative estimate of drug-likeness (QED) is 0.929. The molecule has 1 saturated carbocycles. The number of rotatable bonds is 3. The Kier molecular flexibility index (Phi) is 4.20. The third kappa shape index (κ3) is 3.24. The van der Waals surface area contributed by atoms with E-state index in [1.54, 1.807) is 24.3 Å². The molecule has 1 aromatic carbocycles. The molecule has 1 aliphatic carbocycles. The third-order valence-electron chi connectivity index (χ3n) is 3.73. The normalized spacial score (nSPS) is 15.9. The minimum Gasteiger partial charge on any atom is -0.408 e. The predicted octanol–water partition coefficient (Wildman–Crippen LogP) is 4.02. The van der Waals surface area contributed by atoms with Crippen molar-refractivity contribution >= 4 is 23.5 Å². The van der Waals surface area contributed by atoms with Crippen LogP contribution in [0.2, 0.25) is 5.02 Å². The van der Waals surface area contributed by atoms with Gasteiger partial charge in [0, 0.05) is 5.92 Å². The number of amides is 1. The highest BCUT2D eigenvalue weighted by molar-refractivity contribution is 6.34. The van der Waals surface area contributed by atoms with Gasteiger partial charge < -0.3 is 4.42 Å². The van der Waals surface area contributed by atoms with Crippen LogP contribution in [0.15, 0.2) is 28.7 Å².